The molecule has 0 spiro atoms. The van der Waals surface area contributed by atoms with Gasteiger partial charge in [0.05, 0.1) is 16.9 Å². The molecular weight excluding hydrogens is 272 g/mol. The topological polar surface area (TPSA) is 55.1 Å². The highest BCUT2D eigenvalue weighted by Crippen LogP contribution is 2.36. The summed E-state index contributed by atoms with van der Waals surface area (Å²) in [6.45, 7) is 2.06. The van der Waals surface area contributed by atoms with E-state index in [-0.39, 0.29) is 0 Å². The van der Waals surface area contributed by atoms with Gasteiger partial charge in [0.2, 0.25) is 0 Å². The van der Waals surface area contributed by atoms with Crippen molar-refractivity contribution in [1.82, 2.24) is 9.78 Å². The Kier molecular flexibility index (Phi) is 3.73. The Bertz CT molecular complexity index is 569. The molecule has 0 aliphatic rings. The van der Waals surface area contributed by atoms with Crippen LogP contribution < -0.4 is 0 Å². The van der Waals surface area contributed by atoms with Crippen LogP contribution in [-0.2, 0) is 13.5 Å². The molecule has 4 nitrogen and oxygen atoms in total. The van der Waals surface area contributed by atoms with E-state index in [0.29, 0.717) is 9.90 Å². The van der Waals surface area contributed by atoms with Crippen molar-refractivity contribution in [2.75, 3.05) is 0 Å². The molecule has 0 radical (unpaired) electrons. The fourth-order valence-corrected chi connectivity index (χ4v) is 3.23. The molecule has 96 valence electrons. The lowest BCUT2D eigenvalue weighted by atomic mass is 10.1. The Balaban J connectivity index is 2.58. The highest BCUT2D eigenvalue weighted by Gasteiger charge is 2.19. The molecular formula is C12H13ClN2O2S. The number of carboxylic acid groups (broad SMARTS) is 1. The molecule has 0 aliphatic heterocycles. The number of thiophene rings is 1. The smallest absolute Gasteiger partial charge is 0.345 e. The van der Waals surface area contributed by atoms with Crippen molar-refractivity contribution in [3.05, 3.63) is 27.0 Å². The number of hydrogen-bond acceptors (Lipinski definition) is 3. The molecule has 0 aromatic carbocycles. The summed E-state index contributed by atoms with van der Waals surface area (Å²) in [5.41, 5.74) is 1.66. The maximum absolute atomic E-state index is 11.1. The van der Waals surface area contributed by atoms with E-state index in [2.05, 4.69) is 12.0 Å². The predicted octanol–water partition coefficient (Wildman–Crippen LogP) is 3.45. The number of hydrogen-bond donors (Lipinski definition) is 1. The molecule has 0 fully saturated rings. The molecule has 0 saturated heterocycles. The fraction of sp³-hybridized carbons (Fsp3) is 0.333. The second-order valence-electron chi connectivity index (χ2n) is 3.97. The van der Waals surface area contributed by atoms with Gasteiger partial charge in [0, 0.05) is 17.5 Å². The van der Waals surface area contributed by atoms with Gasteiger partial charge in [-0.15, -0.1) is 11.3 Å². The SMILES string of the molecule is CCCc1sc(C(=O)O)cc1-c1c(Cl)cnn1C. The number of nitrogens with zero attached hydrogens (tertiary/aromatic N) is 2. The maximum atomic E-state index is 11.1. The summed E-state index contributed by atoms with van der Waals surface area (Å²) in [5, 5.41) is 13.7. The van der Waals surface area contributed by atoms with E-state index in [9.17, 15) is 4.79 Å². The van der Waals surface area contributed by atoms with Crippen LogP contribution in [0.15, 0.2) is 12.3 Å². The molecule has 18 heavy (non-hydrogen) atoms. The second kappa shape index (κ2) is 5.12. The monoisotopic (exact) mass is 284 g/mol. The van der Waals surface area contributed by atoms with E-state index in [4.69, 9.17) is 16.7 Å². The molecule has 0 aliphatic carbocycles. The fourth-order valence-electron chi connectivity index (χ4n) is 1.86. The van der Waals surface area contributed by atoms with Crippen LogP contribution >= 0.6 is 22.9 Å². The van der Waals surface area contributed by atoms with Crippen molar-refractivity contribution in [3.8, 4) is 11.3 Å². The third-order valence-electron chi connectivity index (χ3n) is 2.65. The highest BCUT2D eigenvalue weighted by atomic mass is 35.5. The number of carboxylic acids is 1. The third kappa shape index (κ3) is 2.28. The maximum Gasteiger partial charge on any atom is 0.345 e. The van der Waals surface area contributed by atoms with E-state index in [1.54, 1.807) is 24.0 Å². The zero-order chi connectivity index (χ0) is 13.3. The summed E-state index contributed by atoms with van der Waals surface area (Å²) in [4.78, 5) is 12.4. The molecule has 0 atom stereocenters. The summed E-state index contributed by atoms with van der Waals surface area (Å²) in [5.74, 6) is -0.901. The zero-order valence-electron chi connectivity index (χ0n) is 10.1. The van der Waals surface area contributed by atoms with Crippen LogP contribution in [0.4, 0.5) is 0 Å². The average molecular weight is 285 g/mol. The first kappa shape index (κ1) is 13.1. The minimum Gasteiger partial charge on any atom is -0.477 e. The summed E-state index contributed by atoms with van der Waals surface area (Å²) >= 11 is 7.42. The third-order valence-corrected chi connectivity index (χ3v) is 4.11. The van der Waals surface area contributed by atoms with Gasteiger partial charge >= 0.3 is 5.97 Å². The lowest BCUT2D eigenvalue weighted by molar-refractivity contribution is 0.0702. The number of rotatable bonds is 4. The lowest BCUT2D eigenvalue weighted by Crippen LogP contribution is -1.95. The lowest BCUT2D eigenvalue weighted by Gasteiger charge is -2.03. The summed E-state index contributed by atoms with van der Waals surface area (Å²) in [7, 11) is 1.80. The first-order valence-electron chi connectivity index (χ1n) is 5.58. The van der Waals surface area contributed by atoms with Gasteiger partial charge < -0.3 is 5.11 Å². The minimum absolute atomic E-state index is 0.339. The summed E-state index contributed by atoms with van der Waals surface area (Å²) < 4.78 is 1.68. The Labute approximate surface area is 114 Å². The Morgan fingerprint density at radius 2 is 2.33 bits per heavy atom. The summed E-state index contributed by atoms with van der Waals surface area (Å²) in [6.07, 6.45) is 3.38. The van der Waals surface area contributed by atoms with Crippen LogP contribution in [0, 0.1) is 0 Å². The largest absolute Gasteiger partial charge is 0.477 e. The normalized spacial score (nSPS) is 10.8. The van der Waals surface area contributed by atoms with E-state index in [1.807, 2.05) is 0 Å². The molecule has 6 heteroatoms. The molecule has 2 rings (SSSR count). The Morgan fingerprint density at radius 3 is 2.83 bits per heavy atom. The number of aromatic carboxylic acids is 1. The van der Waals surface area contributed by atoms with Crippen LogP contribution in [0.25, 0.3) is 11.3 Å². The van der Waals surface area contributed by atoms with Crippen molar-refractivity contribution in [1.29, 1.82) is 0 Å². The molecule has 2 aromatic heterocycles. The molecule has 2 heterocycles. The van der Waals surface area contributed by atoms with Crippen LogP contribution in [0.2, 0.25) is 5.02 Å². The average Bonchev–Trinajstić information content (AvgIpc) is 2.84. The van der Waals surface area contributed by atoms with Crippen molar-refractivity contribution < 1.29 is 9.90 Å². The van der Waals surface area contributed by atoms with Crippen LogP contribution in [0.5, 0.6) is 0 Å². The molecule has 0 bridgehead atoms. The molecule has 0 unspecified atom stereocenters. The second-order valence-corrected chi connectivity index (χ2v) is 5.51. The minimum atomic E-state index is -0.901. The number of aryl methyl sites for hydroxylation is 2. The standard InChI is InChI=1S/C12H13ClN2O2S/c1-3-4-9-7(5-10(18-9)12(16)17)11-8(13)6-14-15(11)2/h5-6H,3-4H2,1-2H3,(H,16,17). The van der Waals surface area contributed by atoms with Crippen LogP contribution in [-0.4, -0.2) is 20.9 Å². The number of aromatic nitrogens is 2. The van der Waals surface area contributed by atoms with Gasteiger partial charge in [0.25, 0.3) is 0 Å². The van der Waals surface area contributed by atoms with Crippen molar-refractivity contribution in [2.24, 2.45) is 7.05 Å². The molecule has 0 saturated carbocycles. The zero-order valence-corrected chi connectivity index (χ0v) is 11.7. The van der Waals surface area contributed by atoms with Crippen molar-refractivity contribution >= 4 is 28.9 Å². The quantitative estimate of drug-likeness (QED) is 0.935. The van der Waals surface area contributed by atoms with Crippen molar-refractivity contribution in [2.45, 2.75) is 19.8 Å². The van der Waals surface area contributed by atoms with Crippen LogP contribution in [0.1, 0.15) is 27.9 Å². The molecule has 1 N–H and O–H groups in total. The highest BCUT2D eigenvalue weighted by molar-refractivity contribution is 7.14. The van der Waals surface area contributed by atoms with Gasteiger partial charge in [-0.3, -0.25) is 4.68 Å². The predicted molar refractivity (Wildman–Crippen MR) is 72.5 cm³/mol. The summed E-state index contributed by atoms with van der Waals surface area (Å²) in [6, 6.07) is 1.68. The number of halogens is 1. The molecule has 0 amide bonds. The van der Waals surface area contributed by atoms with E-state index in [0.717, 1.165) is 29.0 Å². The van der Waals surface area contributed by atoms with Gasteiger partial charge in [-0.1, -0.05) is 24.9 Å². The first-order valence-corrected chi connectivity index (χ1v) is 6.78. The Morgan fingerprint density at radius 1 is 1.61 bits per heavy atom. The van der Waals surface area contributed by atoms with Crippen molar-refractivity contribution in [3.63, 3.8) is 0 Å². The van der Waals surface area contributed by atoms with Gasteiger partial charge in [0.1, 0.15) is 4.88 Å². The Hall–Kier alpha value is -1.33. The van der Waals surface area contributed by atoms with Gasteiger partial charge in [-0.05, 0) is 12.5 Å². The van der Waals surface area contributed by atoms with E-state index < -0.39 is 5.97 Å². The first-order chi connectivity index (χ1) is 8.54. The van der Waals surface area contributed by atoms with Crippen LogP contribution in [0.3, 0.4) is 0 Å². The molecule has 2 aromatic rings. The van der Waals surface area contributed by atoms with E-state index >= 15 is 0 Å². The van der Waals surface area contributed by atoms with Gasteiger partial charge in [0.15, 0.2) is 0 Å². The number of carbonyl (C=O) groups is 1. The van der Waals surface area contributed by atoms with Gasteiger partial charge in [-0.25, -0.2) is 4.79 Å². The van der Waals surface area contributed by atoms with Gasteiger partial charge in [-0.2, -0.15) is 5.10 Å². The van der Waals surface area contributed by atoms with E-state index in [1.165, 1.54) is 11.3 Å².